The zero-order valence-electron chi connectivity index (χ0n) is 12.5. The van der Waals surface area contributed by atoms with E-state index in [9.17, 15) is 13.5 Å². The highest BCUT2D eigenvalue weighted by Crippen LogP contribution is 2.19. The average molecular weight is 292 g/mol. The predicted octanol–water partition coefficient (Wildman–Crippen LogP) is 1.35. The van der Waals surface area contributed by atoms with Crippen molar-refractivity contribution in [2.24, 2.45) is 11.8 Å². The fourth-order valence-electron chi connectivity index (χ4n) is 2.65. The van der Waals surface area contributed by atoms with Crippen LogP contribution in [0.15, 0.2) is 0 Å². The summed E-state index contributed by atoms with van der Waals surface area (Å²) >= 11 is 0. The van der Waals surface area contributed by atoms with Crippen molar-refractivity contribution in [1.82, 2.24) is 9.03 Å². The van der Waals surface area contributed by atoms with Crippen molar-refractivity contribution < 1.29 is 13.5 Å². The second kappa shape index (κ2) is 6.52. The van der Waals surface area contributed by atoms with E-state index >= 15 is 0 Å². The molecule has 0 spiro atoms. The maximum absolute atomic E-state index is 12.2. The number of piperidine rings is 1. The molecule has 114 valence electrons. The normalized spacial score (nSPS) is 25.5. The molecule has 0 aromatic rings. The van der Waals surface area contributed by atoms with E-state index in [0.29, 0.717) is 31.3 Å². The monoisotopic (exact) mass is 292 g/mol. The van der Waals surface area contributed by atoms with Gasteiger partial charge in [0.1, 0.15) is 0 Å². The molecule has 1 fully saturated rings. The Bertz CT molecular complexity index is 379. The topological polar surface area (TPSA) is 69.6 Å². The van der Waals surface area contributed by atoms with Gasteiger partial charge in [0, 0.05) is 19.6 Å². The molecule has 1 saturated heterocycles. The van der Waals surface area contributed by atoms with E-state index in [4.69, 9.17) is 0 Å². The third kappa shape index (κ3) is 5.77. The Morgan fingerprint density at radius 3 is 2.63 bits per heavy atom. The smallest absolute Gasteiger partial charge is 0.279 e. The largest absolute Gasteiger partial charge is 0.389 e. The van der Waals surface area contributed by atoms with Crippen LogP contribution in [0.25, 0.3) is 0 Å². The first kappa shape index (κ1) is 16.9. The Morgan fingerprint density at radius 1 is 1.47 bits per heavy atom. The lowest BCUT2D eigenvalue weighted by molar-refractivity contribution is 0.0431. The van der Waals surface area contributed by atoms with Crippen LogP contribution in [-0.2, 0) is 10.2 Å². The van der Waals surface area contributed by atoms with Crippen molar-refractivity contribution in [1.29, 1.82) is 0 Å². The molecular weight excluding hydrogens is 264 g/mol. The minimum atomic E-state index is -3.46. The molecule has 6 heteroatoms. The number of hydrogen-bond acceptors (Lipinski definition) is 3. The van der Waals surface area contributed by atoms with Crippen molar-refractivity contribution >= 4 is 10.2 Å². The SMILES string of the molecule is CC(C)CC(C)(O)CNS(=O)(=O)N1CCCC(C)C1. The second-order valence-electron chi connectivity index (χ2n) is 6.53. The summed E-state index contributed by atoms with van der Waals surface area (Å²) in [6.45, 7) is 8.97. The van der Waals surface area contributed by atoms with Crippen LogP contribution < -0.4 is 4.72 Å². The molecule has 1 heterocycles. The molecule has 19 heavy (non-hydrogen) atoms. The molecule has 0 aromatic carbocycles. The summed E-state index contributed by atoms with van der Waals surface area (Å²) in [5.74, 6) is 0.732. The van der Waals surface area contributed by atoms with Crippen LogP contribution in [0.3, 0.4) is 0 Å². The van der Waals surface area contributed by atoms with E-state index in [1.807, 2.05) is 13.8 Å². The summed E-state index contributed by atoms with van der Waals surface area (Å²) in [4.78, 5) is 0. The molecule has 1 aliphatic rings. The molecule has 1 rings (SSSR count). The first-order chi connectivity index (χ1) is 8.62. The zero-order valence-corrected chi connectivity index (χ0v) is 13.3. The zero-order chi connectivity index (χ0) is 14.7. The minimum absolute atomic E-state index is 0.0679. The molecule has 0 radical (unpaired) electrons. The fraction of sp³-hybridized carbons (Fsp3) is 1.00. The Morgan fingerprint density at radius 2 is 2.11 bits per heavy atom. The van der Waals surface area contributed by atoms with Crippen LogP contribution in [0.1, 0.15) is 47.0 Å². The number of nitrogens with zero attached hydrogens (tertiary/aromatic N) is 1. The van der Waals surface area contributed by atoms with Gasteiger partial charge in [-0.05, 0) is 38.0 Å². The lowest BCUT2D eigenvalue weighted by atomic mass is 9.95. The lowest BCUT2D eigenvalue weighted by Crippen LogP contribution is -2.49. The van der Waals surface area contributed by atoms with Crippen LogP contribution in [0.5, 0.6) is 0 Å². The summed E-state index contributed by atoms with van der Waals surface area (Å²) in [6, 6.07) is 0. The minimum Gasteiger partial charge on any atom is -0.389 e. The van der Waals surface area contributed by atoms with Gasteiger partial charge in [0.25, 0.3) is 10.2 Å². The molecule has 0 bridgehead atoms. The van der Waals surface area contributed by atoms with Gasteiger partial charge in [-0.3, -0.25) is 0 Å². The fourth-order valence-corrected chi connectivity index (χ4v) is 4.15. The number of nitrogens with one attached hydrogen (secondary N) is 1. The molecule has 1 aliphatic heterocycles. The maximum Gasteiger partial charge on any atom is 0.279 e. The molecule has 2 atom stereocenters. The third-order valence-electron chi connectivity index (χ3n) is 3.44. The molecule has 2 N–H and O–H groups in total. The molecule has 0 aliphatic carbocycles. The van der Waals surface area contributed by atoms with Gasteiger partial charge in [-0.15, -0.1) is 0 Å². The number of aliphatic hydroxyl groups is 1. The van der Waals surface area contributed by atoms with E-state index in [-0.39, 0.29) is 6.54 Å². The van der Waals surface area contributed by atoms with Crippen LogP contribution >= 0.6 is 0 Å². The summed E-state index contributed by atoms with van der Waals surface area (Å²) < 4.78 is 28.4. The van der Waals surface area contributed by atoms with Crippen LogP contribution in [0.2, 0.25) is 0 Å². The number of hydrogen-bond donors (Lipinski definition) is 2. The van der Waals surface area contributed by atoms with Crippen molar-refractivity contribution in [3.63, 3.8) is 0 Å². The van der Waals surface area contributed by atoms with E-state index in [1.54, 1.807) is 6.92 Å². The lowest BCUT2D eigenvalue weighted by Gasteiger charge is -2.32. The van der Waals surface area contributed by atoms with E-state index in [0.717, 1.165) is 12.8 Å². The maximum atomic E-state index is 12.2. The molecule has 0 amide bonds. The van der Waals surface area contributed by atoms with Gasteiger partial charge < -0.3 is 5.11 Å². The Balaban J connectivity index is 2.55. The van der Waals surface area contributed by atoms with Gasteiger partial charge >= 0.3 is 0 Å². The average Bonchev–Trinajstić information content (AvgIpc) is 2.25. The van der Waals surface area contributed by atoms with Gasteiger partial charge in [-0.2, -0.15) is 17.4 Å². The Labute approximate surface area is 117 Å². The highest BCUT2D eigenvalue weighted by molar-refractivity contribution is 7.87. The van der Waals surface area contributed by atoms with Crippen molar-refractivity contribution in [2.75, 3.05) is 19.6 Å². The van der Waals surface area contributed by atoms with Gasteiger partial charge in [0.05, 0.1) is 5.60 Å². The second-order valence-corrected chi connectivity index (χ2v) is 8.28. The summed E-state index contributed by atoms with van der Waals surface area (Å²) in [7, 11) is -3.46. The van der Waals surface area contributed by atoms with Gasteiger partial charge in [-0.25, -0.2) is 0 Å². The quantitative estimate of drug-likeness (QED) is 0.776. The molecular formula is C13H28N2O3S. The highest BCUT2D eigenvalue weighted by atomic mass is 32.2. The van der Waals surface area contributed by atoms with Crippen LogP contribution in [0, 0.1) is 11.8 Å². The summed E-state index contributed by atoms with van der Waals surface area (Å²) in [5, 5.41) is 10.2. The standard InChI is InChI=1S/C13H28N2O3S/c1-11(2)8-13(4,16)10-14-19(17,18)15-7-5-6-12(3)9-15/h11-12,14,16H,5-10H2,1-4H3. The third-order valence-corrected chi connectivity index (χ3v) is 4.96. The van der Waals surface area contributed by atoms with E-state index in [1.165, 1.54) is 4.31 Å². The van der Waals surface area contributed by atoms with E-state index in [2.05, 4.69) is 11.6 Å². The summed E-state index contributed by atoms with van der Waals surface area (Å²) in [6.07, 6.45) is 2.56. The first-order valence-electron chi connectivity index (χ1n) is 7.09. The Hall–Kier alpha value is -0.170. The molecule has 0 saturated carbocycles. The van der Waals surface area contributed by atoms with Gasteiger partial charge in [0.2, 0.25) is 0 Å². The Kier molecular flexibility index (Phi) is 5.79. The number of rotatable bonds is 6. The van der Waals surface area contributed by atoms with Gasteiger partial charge in [-0.1, -0.05) is 20.8 Å². The molecule has 0 aromatic heterocycles. The summed E-state index contributed by atoms with van der Waals surface area (Å²) in [5.41, 5.74) is -0.997. The van der Waals surface area contributed by atoms with Crippen LogP contribution in [0.4, 0.5) is 0 Å². The molecule has 2 unspecified atom stereocenters. The van der Waals surface area contributed by atoms with Crippen molar-refractivity contribution in [3.8, 4) is 0 Å². The van der Waals surface area contributed by atoms with Gasteiger partial charge in [0.15, 0.2) is 0 Å². The first-order valence-corrected chi connectivity index (χ1v) is 8.53. The van der Waals surface area contributed by atoms with E-state index < -0.39 is 15.8 Å². The van der Waals surface area contributed by atoms with Crippen molar-refractivity contribution in [2.45, 2.75) is 52.6 Å². The predicted molar refractivity (Wildman–Crippen MR) is 77.0 cm³/mol. The van der Waals surface area contributed by atoms with Crippen LogP contribution in [-0.4, -0.2) is 43.1 Å². The van der Waals surface area contributed by atoms with Crippen molar-refractivity contribution in [3.05, 3.63) is 0 Å². The molecule has 5 nitrogen and oxygen atoms in total. The highest BCUT2D eigenvalue weighted by Gasteiger charge is 2.30.